The lowest BCUT2D eigenvalue weighted by atomic mass is 9.87. The summed E-state index contributed by atoms with van der Waals surface area (Å²) in [5.74, 6) is -0.783. The van der Waals surface area contributed by atoms with Crippen LogP contribution in [0.15, 0.2) is 34.9 Å². The van der Waals surface area contributed by atoms with Crippen molar-refractivity contribution in [1.29, 1.82) is 5.26 Å². The molecule has 2 atom stereocenters. The molecule has 0 spiro atoms. The van der Waals surface area contributed by atoms with Gasteiger partial charge in [-0.05, 0) is 43.9 Å². The van der Waals surface area contributed by atoms with E-state index in [1.165, 1.54) is 23.9 Å². The highest BCUT2D eigenvalue weighted by Crippen LogP contribution is 2.36. The first-order valence-corrected chi connectivity index (χ1v) is 10.1. The van der Waals surface area contributed by atoms with Crippen LogP contribution in [0, 0.1) is 17.1 Å². The van der Waals surface area contributed by atoms with Crippen molar-refractivity contribution in [3.63, 3.8) is 0 Å². The highest BCUT2D eigenvalue weighted by Gasteiger charge is 2.31. The van der Waals surface area contributed by atoms with Gasteiger partial charge < -0.3 is 10.2 Å². The number of rotatable bonds is 4. The standard InChI is InChI=1S/C20H22FN3O2S/c1-13-4-2-3-9-24(13)19(26)12-27-20-17(11-22)16(10-18(25)23-20)14-5-7-15(21)8-6-14/h5-8,13,16H,2-4,9-10,12H2,1H3,(H,23,25)/t13-,16-/m1/s1. The summed E-state index contributed by atoms with van der Waals surface area (Å²) in [6, 6.07) is 8.24. The van der Waals surface area contributed by atoms with E-state index in [0.29, 0.717) is 10.6 Å². The summed E-state index contributed by atoms with van der Waals surface area (Å²) in [5.41, 5.74) is 1.14. The highest BCUT2D eigenvalue weighted by molar-refractivity contribution is 8.03. The average Bonchev–Trinajstić information content (AvgIpc) is 2.66. The summed E-state index contributed by atoms with van der Waals surface area (Å²) in [7, 11) is 0. The van der Waals surface area contributed by atoms with E-state index in [9.17, 15) is 19.2 Å². The van der Waals surface area contributed by atoms with Crippen molar-refractivity contribution >= 4 is 23.6 Å². The molecule has 1 aromatic rings. The maximum atomic E-state index is 13.2. The molecule has 0 saturated carbocycles. The number of likely N-dealkylation sites (tertiary alicyclic amines) is 1. The third-order valence-corrected chi connectivity index (χ3v) is 6.09. The van der Waals surface area contributed by atoms with Gasteiger partial charge in [0.05, 0.1) is 22.4 Å². The molecule has 142 valence electrons. The lowest BCUT2D eigenvalue weighted by Crippen LogP contribution is -2.43. The van der Waals surface area contributed by atoms with Crippen LogP contribution >= 0.6 is 11.8 Å². The first kappa shape index (κ1) is 19.4. The van der Waals surface area contributed by atoms with E-state index < -0.39 is 5.92 Å². The minimum Gasteiger partial charge on any atom is -0.339 e. The number of nitriles is 1. The molecule has 2 aliphatic rings. The average molecular weight is 387 g/mol. The number of carbonyl (C=O) groups excluding carboxylic acids is 2. The van der Waals surface area contributed by atoms with Gasteiger partial charge in [-0.25, -0.2) is 4.39 Å². The molecule has 0 aromatic heterocycles. The van der Waals surface area contributed by atoms with Crippen molar-refractivity contribution in [2.75, 3.05) is 12.3 Å². The van der Waals surface area contributed by atoms with Crippen molar-refractivity contribution < 1.29 is 14.0 Å². The molecule has 0 bridgehead atoms. The monoisotopic (exact) mass is 387 g/mol. The maximum absolute atomic E-state index is 13.2. The fraction of sp³-hybridized carbons (Fsp3) is 0.450. The highest BCUT2D eigenvalue weighted by atomic mass is 32.2. The van der Waals surface area contributed by atoms with Crippen LogP contribution in [0.2, 0.25) is 0 Å². The molecular formula is C20H22FN3O2S. The molecule has 1 aromatic carbocycles. The summed E-state index contributed by atoms with van der Waals surface area (Å²) in [5, 5.41) is 12.8. The zero-order valence-electron chi connectivity index (χ0n) is 15.2. The Labute approximate surface area is 162 Å². The van der Waals surface area contributed by atoms with Gasteiger partial charge in [0.15, 0.2) is 0 Å². The number of allylic oxidation sites excluding steroid dienone is 1. The lowest BCUT2D eigenvalue weighted by molar-refractivity contribution is -0.131. The number of hydrogen-bond acceptors (Lipinski definition) is 4. The molecule has 1 N–H and O–H groups in total. The van der Waals surface area contributed by atoms with Crippen LogP contribution in [0.25, 0.3) is 0 Å². The summed E-state index contributed by atoms with van der Waals surface area (Å²) in [4.78, 5) is 26.6. The number of amides is 2. The topological polar surface area (TPSA) is 73.2 Å². The van der Waals surface area contributed by atoms with Gasteiger partial charge in [0, 0.05) is 24.9 Å². The van der Waals surface area contributed by atoms with Crippen LogP contribution in [-0.2, 0) is 9.59 Å². The summed E-state index contributed by atoms with van der Waals surface area (Å²) in [6.07, 6.45) is 3.29. The summed E-state index contributed by atoms with van der Waals surface area (Å²) >= 11 is 1.20. The van der Waals surface area contributed by atoms with Crippen molar-refractivity contribution in [3.8, 4) is 6.07 Å². The van der Waals surface area contributed by atoms with Crippen molar-refractivity contribution in [1.82, 2.24) is 10.2 Å². The van der Waals surface area contributed by atoms with Crippen molar-refractivity contribution in [3.05, 3.63) is 46.2 Å². The van der Waals surface area contributed by atoms with Gasteiger partial charge >= 0.3 is 0 Å². The van der Waals surface area contributed by atoms with E-state index in [4.69, 9.17) is 0 Å². The minimum atomic E-state index is -0.420. The molecule has 0 radical (unpaired) electrons. The van der Waals surface area contributed by atoms with Crippen LogP contribution < -0.4 is 5.32 Å². The number of thioether (sulfide) groups is 1. The minimum absolute atomic E-state index is 0.0233. The third-order valence-electron chi connectivity index (χ3n) is 5.09. The second-order valence-electron chi connectivity index (χ2n) is 6.93. The Morgan fingerprint density at radius 1 is 1.37 bits per heavy atom. The number of piperidine rings is 1. The van der Waals surface area contributed by atoms with Crippen LogP contribution in [0.1, 0.15) is 44.1 Å². The quantitative estimate of drug-likeness (QED) is 0.860. The van der Waals surface area contributed by atoms with Gasteiger partial charge in [-0.2, -0.15) is 5.26 Å². The van der Waals surface area contributed by atoms with Gasteiger partial charge in [-0.3, -0.25) is 9.59 Å². The van der Waals surface area contributed by atoms with E-state index in [-0.39, 0.29) is 35.8 Å². The maximum Gasteiger partial charge on any atom is 0.233 e. The number of nitrogens with one attached hydrogen (secondary N) is 1. The molecular weight excluding hydrogens is 365 g/mol. The molecule has 7 heteroatoms. The molecule has 1 fully saturated rings. The first-order chi connectivity index (χ1) is 13.0. The Kier molecular flexibility index (Phi) is 6.17. The Balaban J connectivity index is 1.77. The summed E-state index contributed by atoms with van der Waals surface area (Å²) < 4.78 is 13.2. The molecule has 1 saturated heterocycles. The fourth-order valence-corrected chi connectivity index (χ4v) is 4.56. The Hall–Kier alpha value is -2.33. The zero-order valence-corrected chi connectivity index (χ0v) is 16.0. The SMILES string of the molecule is C[C@@H]1CCCCN1C(=O)CSC1=C(C#N)[C@@H](c2ccc(F)cc2)CC(=O)N1. The van der Waals surface area contributed by atoms with Crippen LogP contribution in [0.3, 0.4) is 0 Å². The number of carbonyl (C=O) groups is 2. The molecule has 2 heterocycles. The van der Waals surface area contributed by atoms with Gasteiger partial charge in [-0.15, -0.1) is 0 Å². The number of halogens is 1. The lowest BCUT2D eigenvalue weighted by Gasteiger charge is -2.33. The second kappa shape index (κ2) is 8.57. The van der Waals surface area contributed by atoms with Crippen molar-refractivity contribution in [2.45, 2.75) is 44.6 Å². The molecule has 0 aliphatic carbocycles. The Bertz CT molecular complexity index is 800. The molecule has 27 heavy (non-hydrogen) atoms. The van der Waals surface area contributed by atoms with E-state index in [2.05, 4.69) is 18.3 Å². The molecule has 2 aliphatic heterocycles. The molecule has 5 nitrogen and oxygen atoms in total. The van der Waals surface area contributed by atoms with E-state index in [1.807, 2.05) is 4.90 Å². The zero-order chi connectivity index (χ0) is 19.4. The fourth-order valence-electron chi connectivity index (χ4n) is 3.60. The predicted octanol–water partition coefficient (Wildman–Crippen LogP) is 3.30. The van der Waals surface area contributed by atoms with Gasteiger partial charge in [-0.1, -0.05) is 23.9 Å². The van der Waals surface area contributed by atoms with E-state index in [1.54, 1.807) is 12.1 Å². The number of hydrogen-bond donors (Lipinski definition) is 1. The van der Waals surface area contributed by atoms with Gasteiger partial charge in [0.1, 0.15) is 5.82 Å². The van der Waals surface area contributed by atoms with E-state index in [0.717, 1.165) is 31.4 Å². The van der Waals surface area contributed by atoms with E-state index >= 15 is 0 Å². The van der Waals surface area contributed by atoms with Crippen molar-refractivity contribution in [2.24, 2.45) is 0 Å². The third kappa shape index (κ3) is 4.51. The Morgan fingerprint density at radius 3 is 2.78 bits per heavy atom. The van der Waals surface area contributed by atoms with Crippen LogP contribution in [0.4, 0.5) is 4.39 Å². The van der Waals surface area contributed by atoms with Crippen LogP contribution in [-0.4, -0.2) is 35.1 Å². The Morgan fingerprint density at radius 2 is 2.11 bits per heavy atom. The molecule has 3 rings (SSSR count). The molecule has 2 amide bonds. The molecule has 0 unspecified atom stereocenters. The first-order valence-electron chi connectivity index (χ1n) is 9.11. The number of benzene rings is 1. The predicted molar refractivity (Wildman–Crippen MR) is 102 cm³/mol. The van der Waals surface area contributed by atoms with Gasteiger partial charge in [0.2, 0.25) is 11.8 Å². The smallest absolute Gasteiger partial charge is 0.233 e. The number of nitrogens with zero attached hydrogens (tertiary/aromatic N) is 2. The van der Waals surface area contributed by atoms with Gasteiger partial charge in [0.25, 0.3) is 0 Å². The van der Waals surface area contributed by atoms with Crippen LogP contribution in [0.5, 0.6) is 0 Å². The summed E-state index contributed by atoms with van der Waals surface area (Å²) in [6.45, 7) is 2.81. The normalized spacial score (nSPS) is 23.0. The largest absolute Gasteiger partial charge is 0.339 e. The second-order valence-corrected chi connectivity index (χ2v) is 7.92.